The largest absolute Gasteiger partial charge is 0.381 e. The molecule has 0 N–H and O–H groups in total. The minimum atomic E-state index is 0.724. The van der Waals surface area contributed by atoms with E-state index in [1.165, 1.54) is 37.9 Å². The fourth-order valence-electron chi connectivity index (χ4n) is 3.52. The van der Waals surface area contributed by atoms with Gasteiger partial charge in [-0.1, -0.05) is 30.3 Å². The van der Waals surface area contributed by atoms with E-state index in [1.54, 1.807) is 0 Å². The Morgan fingerprint density at radius 1 is 1.10 bits per heavy atom. The van der Waals surface area contributed by atoms with Crippen LogP contribution < -0.4 is 0 Å². The Hall–Kier alpha value is -0.900. The van der Waals surface area contributed by atoms with Gasteiger partial charge in [0.05, 0.1) is 0 Å². The Labute approximate surface area is 122 Å². The standard InChI is InChI=1S/C17H26N2O/c1-18(16-8-11-20-12-9-16)17-7-10-19(14-17)13-15-5-3-2-4-6-15/h2-6,16-17H,7-14H2,1H3. The quantitative estimate of drug-likeness (QED) is 0.838. The third kappa shape index (κ3) is 3.40. The summed E-state index contributed by atoms with van der Waals surface area (Å²) in [5, 5.41) is 0. The van der Waals surface area contributed by atoms with Gasteiger partial charge < -0.3 is 4.74 Å². The van der Waals surface area contributed by atoms with Gasteiger partial charge in [-0.05, 0) is 31.9 Å². The normalized spacial score (nSPS) is 25.4. The van der Waals surface area contributed by atoms with Crippen molar-refractivity contribution in [3.8, 4) is 0 Å². The average molecular weight is 274 g/mol. The fourth-order valence-corrected chi connectivity index (χ4v) is 3.52. The number of rotatable bonds is 4. The average Bonchev–Trinajstić information content (AvgIpc) is 2.97. The maximum atomic E-state index is 5.48. The van der Waals surface area contributed by atoms with E-state index in [9.17, 15) is 0 Å². The van der Waals surface area contributed by atoms with Gasteiger partial charge in [0.2, 0.25) is 0 Å². The highest BCUT2D eigenvalue weighted by molar-refractivity contribution is 5.14. The van der Waals surface area contributed by atoms with Gasteiger partial charge in [0, 0.05) is 44.9 Å². The van der Waals surface area contributed by atoms with Gasteiger partial charge in [0.25, 0.3) is 0 Å². The first-order chi connectivity index (χ1) is 9.83. The van der Waals surface area contributed by atoms with Gasteiger partial charge in [0.1, 0.15) is 0 Å². The van der Waals surface area contributed by atoms with Gasteiger partial charge in [-0.15, -0.1) is 0 Å². The number of hydrogen-bond donors (Lipinski definition) is 0. The van der Waals surface area contributed by atoms with Crippen molar-refractivity contribution in [2.24, 2.45) is 0 Å². The zero-order valence-electron chi connectivity index (χ0n) is 12.5. The predicted octanol–water partition coefficient (Wildman–Crippen LogP) is 2.37. The molecular weight excluding hydrogens is 248 g/mol. The van der Waals surface area contributed by atoms with Crippen molar-refractivity contribution in [1.29, 1.82) is 0 Å². The SMILES string of the molecule is CN(C1CCOCC1)C1CCN(Cc2ccccc2)C1. The Morgan fingerprint density at radius 2 is 1.85 bits per heavy atom. The maximum Gasteiger partial charge on any atom is 0.0480 e. The second-order valence-corrected chi connectivity index (χ2v) is 6.17. The van der Waals surface area contributed by atoms with Crippen molar-refractivity contribution < 1.29 is 4.74 Å². The van der Waals surface area contributed by atoms with Crippen LogP contribution in [-0.4, -0.2) is 55.2 Å². The van der Waals surface area contributed by atoms with E-state index < -0.39 is 0 Å². The molecule has 0 aromatic heterocycles. The molecule has 1 aromatic rings. The zero-order chi connectivity index (χ0) is 13.8. The number of ether oxygens (including phenoxy) is 1. The number of nitrogens with zero attached hydrogens (tertiary/aromatic N) is 2. The van der Waals surface area contributed by atoms with Crippen molar-refractivity contribution in [3.05, 3.63) is 35.9 Å². The summed E-state index contributed by atoms with van der Waals surface area (Å²) in [5.74, 6) is 0. The molecular formula is C17H26N2O. The van der Waals surface area contributed by atoms with Gasteiger partial charge in [0.15, 0.2) is 0 Å². The molecule has 2 aliphatic rings. The number of likely N-dealkylation sites (tertiary alicyclic amines) is 1. The van der Waals surface area contributed by atoms with Crippen LogP contribution >= 0.6 is 0 Å². The molecule has 1 aromatic carbocycles. The molecule has 0 saturated carbocycles. The molecule has 3 heteroatoms. The van der Waals surface area contributed by atoms with Crippen molar-refractivity contribution in [1.82, 2.24) is 9.80 Å². The van der Waals surface area contributed by atoms with Crippen molar-refractivity contribution >= 4 is 0 Å². The summed E-state index contributed by atoms with van der Waals surface area (Å²) in [7, 11) is 2.31. The minimum Gasteiger partial charge on any atom is -0.381 e. The summed E-state index contributed by atoms with van der Waals surface area (Å²) < 4.78 is 5.48. The highest BCUT2D eigenvalue weighted by Gasteiger charge is 2.30. The minimum absolute atomic E-state index is 0.724. The van der Waals surface area contributed by atoms with Crippen LogP contribution in [-0.2, 0) is 11.3 Å². The van der Waals surface area contributed by atoms with Crippen LogP contribution in [0.1, 0.15) is 24.8 Å². The maximum absolute atomic E-state index is 5.48. The Morgan fingerprint density at radius 3 is 2.60 bits per heavy atom. The Balaban J connectivity index is 1.51. The van der Waals surface area contributed by atoms with Gasteiger partial charge in [-0.2, -0.15) is 0 Å². The van der Waals surface area contributed by atoms with E-state index in [-0.39, 0.29) is 0 Å². The first-order valence-corrected chi connectivity index (χ1v) is 7.89. The third-order valence-corrected chi connectivity index (χ3v) is 4.84. The molecule has 3 nitrogen and oxygen atoms in total. The lowest BCUT2D eigenvalue weighted by Crippen LogP contribution is -2.44. The van der Waals surface area contributed by atoms with E-state index in [4.69, 9.17) is 4.74 Å². The highest BCUT2D eigenvalue weighted by atomic mass is 16.5. The lowest BCUT2D eigenvalue weighted by molar-refractivity contribution is 0.0297. The monoisotopic (exact) mass is 274 g/mol. The molecule has 3 rings (SSSR count). The molecule has 0 spiro atoms. The van der Waals surface area contributed by atoms with Crippen molar-refractivity contribution in [3.63, 3.8) is 0 Å². The molecule has 20 heavy (non-hydrogen) atoms. The van der Waals surface area contributed by atoms with E-state index in [0.717, 1.165) is 31.8 Å². The van der Waals surface area contributed by atoms with Crippen molar-refractivity contribution in [2.45, 2.75) is 37.9 Å². The molecule has 110 valence electrons. The summed E-state index contributed by atoms with van der Waals surface area (Å²) in [6, 6.07) is 12.3. The zero-order valence-corrected chi connectivity index (χ0v) is 12.5. The lowest BCUT2D eigenvalue weighted by atomic mass is 10.1. The second-order valence-electron chi connectivity index (χ2n) is 6.17. The van der Waals surface area contributed by atoms with Crippen LogP contribution in [0, 0.1) is 0 Å². The summed E-state index contributed by atoms with van der Waals surface area (Å²) in [5.41, 5.74) is 1.43. The molecule has 1 atom stereocenters. The second kappa shape index (κ2) is 6.70. The topological polar surface area (TPSA) is 15.7 Å². The number of hydrogen-bond acceptors (Lipinski definition) is 3. The summed E-state index contributed by atoms with van der Waals surface area (Å²) in [6.45, 7) is 5.42. The summed E-state index contributed by atoms with van der Waals surface area (Å²) in [4.78, 5) is 5.21. The molecule has 0 aliphatic carbocycles. The van der Waals surface area contributed by atoms with Crippen LogP contribution in [0.25, 0.3) is 0 Å². The third-order valence-electron chi connectivity index (χ3n) is 4.84. The molecule has 2 aliphatic heterocycles. The van der Waals surface area contributed by atoms with E-state index in [2.05, 4.69) is 47.2 Å². The van der Waals surface area contributed by atoms with Crippen LogP contribution in [0.2, 0.25) is 0 Å². The fraction of sp³-hybridized carbons (Fsp3) is 0.647. The van der Waals surface area contributed by atoms with Gasteiger partial charge in [-0.25, -0.2) is 0 Å². The van der Waals surface area contributed by atoms with Crippen LogP contribution in [0.4, 0.5) is 0 Å². The molecule has 1 unspecified atom stereocenters. The first kappa shape index (κ1) is 14.1. The Kier molecular flexibility index (Phi) is 4.71. The smallest absolute Gasteiger partial charge is 0.0480 e. The molecule has 2 saturated heterocycles. The van der Waals surface area contributed by atoms with E-state index in [1.807, 2.05) is 0 Å². The predicted molar refractivity (Wildman–Crippen MR) is 81.7 cm³/mol. The Bertz CT molecular complexity index is 403. The summed E-state index contributed by atoms with van der Waals surface area (Å²) >= 11 is 0. The molecule has 0 amide bonds. The summed E-state index contributed by atoms with van der Waals surface area (Å²) in [6.07, 6.45) is 3.71. The molecule has 0 bridgehead atoms. The first-order valence-electron chi connectivity index (χ1n) is 7.89. The van der Waals surface area contributed by atoms with Crippen LogP contribution in [0.3, 0.4) is 0 Å². The molecule has 2 heterocycles. The van der Waals surface area contributed by atoms with E-state index in [0.29, 0.717) is 0 Å². The van der Waals surface area contributed by atoms with Crippen molar-refractivity contribution in [2.75, 3.05) is 33.4 Å². The molecule has 2 fully saturated rings. The number of likely N-dealkylation sites (N-methyl/N-ethyl adjacent to an activating group) is 1. The lowest BCUT2D eigenvalue weighted by Gasteiger charge is -2.35. The highest BCUT2D eigenvalue weighted by Crippen LogP contribution is 2.22. The van der Waals surface area contributed by atoms with E-state index >= 15 is 0 Å². The van der Waals surface area contributed by atoms with Crippen LogP contribution in [0.5, 0.6) is 0 Å². The number of benzene rings is 1. The van der Waals surface area contributed by atoms with Crippen LogP contribution in [0.15, 0.2) is 30.3 Å². The van der Waals surface area contributed by atoms with Gasteiger partial charge in [-0.3, -0.25) is 9.80 Å². The van der Waals surface area contributed by atoms with Gasteiger partial charge >= 0.3 is 0 Å². The molecule has 0 radical (unpaired) electrons.